The maximum absolute atomic E-state index is 11.7. The van der Waals surface area contributed by atoms with Crippen LogP contribution in [0.4, 0.5) is 0 Å². The van der Waals surface area contributed by atoms with Gasteiger partial charge in [-0.1, -0.05) is 11.6 Å². The molecule has 1 amide bonds. The van der Waals surface area contributed by atoms with Crippen LogP contribution in [0.2, 0.25) is 5.15 Å². The summed E-state index contributed by atoms with van der Waals surface area (Å²) >= 11 is 5.55. The number of carboxylic acids is 1. The molecule has 0 aliphatic heterocycles. The van der Waals surface area contributed by atoms with Crippen molar-refractivity contribution in [3.05, 3.63) is 46.6 Å². The van der Waals surface area contributed by atoms with Crippen molar-refractivity contribution in [2.45, 2.75) is 6.54 Å². The zero-order valence-corrected chi connectivity index (χ0v) is 10.2. The van der Waals surface area contributed by atoms with Gasteiger partial charge in [-0.3, -0.25) is 4.79 Å². The lowest BCUT2D eigenvalue weighted by Gasteiger charge is -2.01. The SMILES string of the molecule is O=C(NCc1ccc(C(=O)O)o1)c1ccc(Cl)nn1. The lowest BCUT2D eigenvalue weighted by atomic mass is 10.3. The van der Waals surface area contributed by atoms with Crippen molar-refractivity contribution in [2.75, 3.05) is 0 Å². The molecule has 0 fully saturated rings. The van der Waals surface area contributed by atoms with Crippen LogP contribution in [0.15, 0.2) is 28.7 Å². The molecule has 7 nitrogen and oxygen atoms in total. The Bertz CT molecular complexity index is 609. The van der Waals surface area contributed by atoms with Crippen molar-refractivity contribution in [3.8, 4) is 0 Å². The molecule has 0 saturated heterocycles. The number of hydrogen-bond donors (Lipinski definition) is 2. The molecule has 2 N–H and O–H groups in total. The van der Waals surface area contributed by atoms with Crippen LogP contribution >= 0.6 is 11.6 Å². The first-order valence-corrected chi connectivity index (χ1v) is 5.53. The Hall–Kier alpha value is -2.41. The van der Waals surface area contributed by atoms with Crippen LogP contribution in [0.3, 0.4) is 0 Å². The van der Waals surface area contributed by atoms with Gasteiger partial charge in [-0.25, -0.2) is 4.79 Å². The normalized spacial score (nSPS) is 10.2. The summed E-state index contributed by atoms with van der Waals surface area (Å²) in [4.78, 5) is 22.2. The highest BCUT2D eigenvalue weighted by molar-refractivity contribution is 6.29. The minimum atomic E-state index is -1.17. The van der Waals surface area contributed by atoms with Gasteiger partial charge in [-0.05, 0) is 24.3 Å². The third-order valence-electron chi connectivity index (χ3n) is 2.16. The third-order valence-corrected chi connectivity index (χ3v) is 2.36. The van der Waals surface area contributed by atoms with Crippen molar-refractivity contribution in [3.63, 3.8) is 0 Å². The molecule has 0 aromatic carbocycles. The number of carbonyl (C=O) groups excluding carboxylic acids is 1. The third kappa shape index (κ3) is 3.29. The number of rotatable bonds is 4. The first kappa shape index (κ1) is 13.0. The number of hydrogen-bond acceptors (Lipinski definition) is 5. The molecule has 2 heterocycles. The van der Waals surface area contributed by atoms with Crippen LogP contribution in [0.5, 0.6) is 0 Å². The molecule has 0 unspecified atom stereocenters. The van der Waals surface area contributed by atoms with Gasteiger partial charge in [0.2, 0.25) is 5.76 Å². The van der Waals surface area contributed by atoms with E-state index in [-0.39, 0.29) is 23.2 Å². The molecule has 2 aromatic rings. The van der Waals surface area contributed by atoms with Gasteiger partial charge in [0.15, 0.2) is 10.8 Å². The van der Waals surface area contributed by atoms with Gasteiger partial charge in [0.25, 0.3) is 5.91 Å². The first-order valence-electron chi connectivity index (χ1n) is 5.15. The van der Waals surface area contributed by atoms with Gasteiger partial charge < -0.3 is 14.8 Å². The predicted molar refractivity (Wildman–Crippen MR) is 63.9 cm³/mol. The molecule has 98 valence electrons. The standard InChI is InChI=1S/C11H8ClN3O4/c12-9-4-2-7(14-15-9)10(16)13-5-6-1-3-8(19-6)11(17)18/h1-4H,5H2,(H,13,16)(H,17,18). The first-order chi connectivity index (χ1) is 9.06. The summed E-state index contributed by atoms with van der Waals surface area (Å²) in [7, 11) is 0. The topological polar surface area (TPSA) is 105 Å². The Labute approximate surface area is 112 Å². The lowest BCUT2D eigenvalue weighted by molar-refractivity contribution is 0.0660. The quantitative estimate of drug-likeness (QED) is 0.876. The Morgan fingerprint density at radius 3 is 2.63 bits per heavy atom. The van der Waals surface area contributed by atoms with E-state index in [2.05, 4.69) is 15.5 Å². The Kier molecular flexibility index (Phi) is 3.76. The molecular weight excluding hydrogens is 274 g/mol. The average Bonchev–Trinajstić information content (AvgIpc) is 2.86. The van der Waals surface area contributed by atoms with Crippen LogP contribution in [0.1, 0.15) is 26.8 Å². The number of nitrogens with zero attached hydrogens (tertiary/aromatic N) is 2. The molecule has 0 bridgehead atoms. The van der Waals surface area contributed by atoms with Crippen molar-refractivity contribution < 1.29 is 19.1 Å². The molecule has 2 rings (SSSR count). The lowest BCUT2D eigenvalue weighted by Crippen LogP contribution is -2.23. The van der Waals surface area contributed by atoms with E-state index in [9.17, 15) is 9.59 Å². The van der Waals surface area contributed by atoms with Crippen LogP contribution in [-0.4, -0.2) is 27.2 Å². The van der Waals surface area contributed by atoms with E-state index in [1.165, 1.54) is 24.3 Å². The van der Waals surface area contributed by atoms with Crippen LogP contribution in [0.25, 0.3) is 0 Å². The Morgan fingerprint density at radius 2 is 2.05 bits per heavy atom. The molecule has 0 radical (unpaired) electrons. The van der Waals surface area contributed by atoms with E-state index in [1.807, 2.05) is 0 Å². The summed E-state index contributed by atoms with van der Waals surface area (Å²) in [6, 6.07) is 5.65. The summed E-state index contributed by atoms with van der Waals surface area (Å²) in [5.41, 5.74) is 0.106. The molecule has 8 heteroatoms. The van der Waals surface area contributed by atoms with E-state index < -0.39 is 11.9 Å². The van der Waals surface area contributed by atoms with E-state index in [0.717, 1.165) is 0 Å². The number of carboxylic acid groups (broad SMARTS) is 1. The molecule has 2 aromatic heterocycles. The fourth-order valence-corrected chi connectivity index (χ4v) is 1.38. The van der Waals surface area contributed by atoms with Gasteiger partial charge in [0, 0.05) is 0 Å². The second-order valence-electron chi connectivity index (χ2n) is 3.50. The maximum atomic E-state index is 11.7. The van der Waals surface area contributed by atoms with Gasteiger partial charge in [0.05, 0.1) is 6.54 Å². The zero-order chi connectivity index (χ0) is 13.8. The zero-order valence-electron chi connectivity index (χ0n) is 9.46. The highest BCUT2D eigenvalue weighted by Gasteiger charge is 2.11. The molecule has 0 saturated carbocycles. The second-order valence-corrected chi connectivity index (χ2v) is 3.88. The minimum Gasteiger partial charge on any atom is -0.475 e. The van der Waals surface area contributed by atoms with E-state index in [1.54, 1.807) is 0 Å². The number of carbonyl (C=O) groups is 2. The number of aromatic nitrogens is 2. The maximum Gasteiger partial charge on any atom is 0.371 e. The van der Waals surface area contributed by atoms with E-state index in [4.69, 9.17) is 21.1 Å². The number of halogens is 1. The predicted octanol–water partition coefficient (Wildman–Crippen LogP) is 1.35. The highest BCUT2D eigenvalue weighted by atomic mass is 35.5. The van der Waals surface area contributed by atoms with Gasteiger partial charge in [0.1, 0.15) is 5.76 Å². The fraction of sp³-hybridized carbons (Fsp3) is 0.0909. The summed E-state index contributed by atoms with van der Waals surface area (Å²) in [6.45, 7) is 0.0520. The smallest absolute Gasteiger partial charge is 0.371 e. The van der Waals surface area contributed by atoms with Crippen LogP contribution < -0.4 is 5.32 Å². The van der Waals surface area contributed by atoms with Gasteiger partial charge >= 0.3 is 5.97 Å². The van der Waals surface area contributed by atoms with E-state index in [0.29, 0.717) is 5.76 Å². The van der Waals surface area contributed by atoms with E-state index >= 15 is 0 Å². The number of amides is 1. The van der Waals surface area contributed by atoms with Crippen molar-refractivity contribution in [1.29, 1.82) is 0 Å². The molecule has 0 spiro atoms. The van der Waals surface area contributed by atoms with Gasteiger partial charge in [-0.15, -0.1) is 10.2 Å². The Balaban J connectivity index is 1.96. The minimum absolute atomic E-state index is 0.0520. The second kappa shape index (κ2) is 5.49. The van der Waals surface area contributed by atoms with Crippen LogP contribution in [-0.2, 0) is 6.54 Å². The molecule has 0 atom stereocenters. The number of nitrogens with one attached hydrogen (secondary N) is 1. The molecule has 19 heavy (non-hydrogen) atoms. The monoisotopic (exact) mass is 281 g/mol. The largest absolute Gasteiger partial charge is 0.475 e. The average molecular weight is 282 g/mol. The Morgan fingerprint density at radius 1 is 1.26 bits per heavy atom. The summed E-state index contributed by atoms with van der Waals surface area (Å²) < 4.78 is 4.98. The summed E-state index contributed by atoms with van der Waals surface area (Å²) in [6.07, 6.45) is 0. The van der Waals surface area contributed by atoms with Crippen LogP contribution in [0, 0.1) is 0 Å². The summed E-state index contributed by atoms with van der Waals surface area (Å²) in [5.74, 6) is -1.48. The van der Waals surface area contributed by atoms with Crippen molar-refractivity contribution >= 4 is 23.5 Å². The molecule has 0 aliphatic carbocycles. The number of furan rings is 1. The highest BCUT2D eigenvalue weighted by Crippen LogP contribution is 2.08. The molecule has 0 aliphatic rings. The van der Waals surface area contributed by atoms with Crippen molar-refractivity contribution in [2.24, 2.45) is 0 Å². The van der Waals surface area contributed by atoms with Crippen molar-refractivity contribution in [1.82, 2.24) is 15.5 Å². The number of aromatic carboxylic acids is 1. The molecular formula is C11H8ClN3O4. The summed E-state index contributed by atoms with van der Waals surface area (Å²) in [5, 5.41) is 18.5. The van der Waals surface area contributed by atoms with Gasteiger partial charge in [-0.2, -0.15) is 0 Å². The fourth-order valence-electron chi connectivity index (χ4n) is 1.28.